The van der Waals surface area contributed by atoms with Crippen molar-refractivity contribution in [3.05, 3.63) is 65.0 Å². The summed E-state index contributed by atoms with van der Waals surface area (Å²) in [5, 5.41) is 7.17. The second kappa shape index (κ2) is 9.26. The first-order chi connectivity index (χ1) is 13.0. The fourth-order valence-corrected chi connectivity index (χ4v) is 3.64. The Morgan fingerprint density at radius 2 is 1.74 bits per heavy atom. The molecule has 0 aliphatic carbocycles. The number of anilines is 1. The third-order valence-corrected chi connectivity index (χ3v) is 4.92. The molecular formula is C21H26FN3OS. The molecule has 1 aliphatic rings. The molecule has 0 bridgehead atoms. The SMILES string of the molecule is Cc1cc(C)cc(NC(=S)NC[C@@H](c2ccc(F)cc2)N2CCOCC2)c1. The van der Waals surface area contributed by atoms with Crippen LogP contribution in [0.25, 0.3) is 0 Å². The van der Waals surface area contributed by atoms with E-state index in [0.29, 0.717) is 24.9 Å². The first-order valence-corrected chi connectivity index (χ1v) is 9.62. The molecule has 1 saturated heterocycles. The topological polar surface area (TPSA) is 36.5 Å². The van der Waals surface area contributed by atoms with E-state index >= 15 is 0 Å². The smallest absolute Gasteiger partial charge is 0.170 e. The van der Waals surface area contributed by atoms with Crippen molar-refractivity contribution in [2.45, 2.75) is 19.9 Å². The van der Waals surface area contributed by atoms with Crippen LogP contribution in [0.3, 0.4) is 0 Å². The number of hydrogen-bond acceptors (Lipinski definition) is 3. The molecule has 0 radical (unpaired) electrons. The Morgan fingerprint density at radius 3 is 2.37 bits per heavy atom. The number of thiocarbonyl (C=S) groups is 1. The third-order valence-electron chi connectivity index (χ3n) is 4.68. The van der Waals surface area contributed by atoms with Crippen LogP contribution in [0.15, 0.2) is 42.5 Å². The van der Waals surface area contributed by atoms with Crippen LogP contribution in [-0.4, -0.2) is 42.9 Å². The minimum absolute atomic E-state index is 0.105. The lowest BCUT2D eigenvalue weighted by atomic mass is 10.0. The highest BCUT2D eigenvalue weighted by molar-refractivity contribution is 7.80. The summed E-state index contributed by atoms with van der Waals surface area (Å²) in [6.07, 6.45) is 0. The lowest BCUT2D eigenvalue weighted by molar-refractivity contribution is 0.0170. The van der Waals surface area contributed by atoms with Crippen molar-refractivity contribution >= 4 is 23.0 Å². The maximum absolute atomic E-state index is 13.3. The molecule has 1 heterocycles. The van der Waals surface area contributed by atoms with Crippen molar-refractivity contribution in [2.75, 3.05) is 38.2 Å². The molecule has 3 rings (SSSR count). The summed E-state index contributed by atoms with van der Waals surface area (Å²) in [4.78, 5) is 2.35. The Hall–Kier alpha value is -2.02. The third kappa shape index (κ3) is 5.73. The van der Waals surface area contributed by atoms with Gasteiger partial charge in [0.15, 0.2) is 5.11 Å². The van der Waals surface area contributed by atoms with E-state index in [1.54, 1.807) is 0 Å². The highest BCUT2D eigenvalue weighted by atomic mass is 32.1. The standard InChI is InChI=1S/C21H26FN3OS/c1-15-11-16(2)13-19(12-15)24-21(27)23-14-20(25-7-9-26-10-8-25)17-3-5-18(22)6-4-17/h3-6,11-13,20H,7-10,14H2,1-2H3,(H2,23,24,27)/t20-/m0/s1. The molecule has 2 aromatic rings. The quantitative estimate of drug-likeness (QED) is 0.763. The van der Waals surface area contributed by atoms with Crippen molar-refractivity contribution in [1.29, 1.82) is 0 Å². The molecule has 1 fully saturated rings. The molecule has 0 aromatic heterocycles. The molecular weight excluding hydrogens is 361 g/mol. The first kappa shape index (κ1) is 19.7. The zero-order chi connectivity index (χ0) is 19.2. The zero-order valence-electron chi connectivity index (χ0n) is 15.8. The van der Waals surface area contributed by atoms with Gasteiger partial charge >= 0.3 is 0 Å². The Morgan fingerprint density at radius 1 is 1.11 bits per heavy atom. The number of ether oxygens (including phenoxy) is 1. The average Bonchev–Trinajstić information content (AvgIpc) is 2.63. The summed E-state index contributed by atoms with van der Waals surface area (Å²) >= 11 is 5.49. The van der Waals surface area contributed by atoms with Gasteiger partial charge in [-0.2, -0.15) is 0 Å². The summed E-state index contributed by atoms with van der Waals surface area (Å²) in [6.45, 7) is 7.89. The van der Waals surface area contributed by atoms with Gasteiger partial charge in [0.1, 0.15) is 5.82 Å². The highest BCUT2D eigenvalue weighted by Gasteiger charge is 2.22. The second-order valence-corrected chi connectivity index (χ2v) is 7.34. The molecule has 1 atom stereocenters. The largest absolute Gasteiger partial charge is 0.379 e. The van der Waals surface area contributed by atoms with Crippen molar-refractivity contribution in [3.63, 3.8) is 0 Å². The Bertz CT molecular complexity index is 755. The maximum atomic E-state index is 13.3. The molecule has 4 nitrogen and oxygen atoms in total. The van der Waals surface area contributed by atoms with Crippen LogP contribution in [0.5, 0.6) is 0 Å². The minimum Gasteiger partial charge on any atom is -0.379 e. The minimum atomic E-state index is -0.223. The summed E-state index contributed by atoms with van der Waals surface area (Å²) in [5.41, 5.74) is 4.44. The van der Waals surface area contributed by atoms with Gasteiger partial charge in [-0.1, -0.05) is 18.2 Å². The molecule has 0 amide bonds. The van der Waals surface area contributed by atoms with Gasteiger partial charge in [-0.3, -0.25) is 4.90 Å². The monoisotopic (exact) mass is 387 g/mol. The fraction of sp³-hybridized carbons (Fsp3) is 0.381. The number of nitrogens with one attached hydrogen (secondary N) is 2. The molecule has 2 N–H and O–H groups in total. The molecule has 27 heavy (non-hydrogen) atoms. The average molecular weight is 388 g/mol. The number of morpholine rings is 1. The van der Waals surface area contributed by atoms with Crippen molar-refractivity contribution in [2.24, 2.45) is 0 Å². The highest BCUT2D eigenvalue weighted by Crippen LogP contribution is 2.22. The Balaban J connectivity index is 1.66. The van der Waals surface area contributed by atoms with Gasteiger partial charge in [0.25, 0.3) is 0 Å². The molecule has 0 saturated carbocycles. The van der Waals surface area contributed by atoms with Crippen LogP contribution in [0, 0.1) is 19.7 Å². The summed E-state index contributed by atoms with van der Waals surface area (Å²) in [5.74, 6) is -0.223. The van der Waals surface area contributed by atoms with E-state index in [1.807, 2.05) is 12.1 Å². The number of halogens is 1. The van der Waals surface area contributed by atoms with E-state index in [9.17, 15) is 4.39 Å². The molecule has 1 aliphatic heterocycles. The van der Waals surface area contributed by atoms with Gasteiger partial charge in [-0.05, 0) is 67.0 Å². The fourth-order valence-electron chi connectivity index (χ4n) is 3.44. The van der Waals surface area contributed by atoms with E-state index in [0.717, 1.165) is 24.3 Å². The number of benzene rings is 2. The van der Waals surface area contributed by atoms with Gasteiger partial charge in [0, 0.05) is 25.3 Å². The predicted molar refractivity (Wildman–Crippen MR) is 112 cm³/mol. The van der Waals surface area contributed by atoms with Crippen LogP contribution in [-0.2, 0) is 4.74 Å². The van der Waals surface area contributed by atoms with Crippen molar-refractivity contribution in [1.82, 2.24) is 10.2 Å². The first-order valence-electron chi connectivity index (χ1n) is 9.22. The summed E-state index contributed by atoms with van der Waals surface area (Å²) in [6, 6.07) is 13.1. The van der Waals surface area contributed by atoms with E-state index in [1.165, 1.54) is 23.3 Å². The van der Waals surface area contributed by atoms with Gasteiger partial charge in [0.2, 0.25) is 0 Å². The van der Waals surface area contributed by atoms with E-state index in [2.05, 4.69) is 47.6 Å². The van der Waals surface area contributed by atoms with E-state index < -0.39 is 0 Å². The molecule has 0 spiro atoms. The van der Waals surface area contributed by atoms with Gasteiger partial charge in [-0.25, -0.2) is 4.39 Å². The molecule has 6 heteroatoms. The number of nitrogens with zero attached hydrogens (tertiary/aromatic N) is 1. The summed E-state index contributed by atoms with van der Waals surface area (Å²) < 4.78 is 18.8. The molecule has 2 aromatic carbocycles. The van der Waals surface area contributed by atoms with E-state index in [-0.39, 0.29) is 11.9 Å². The van der Waals surface area contributed by atoms with E-state index in [4.69, 9.17) is 17.0 Å². The number of hydrogen-bond donors (Lipinski definition) is 2. The number of rotatable bonds is 5. The molecule has 0 unspecified atom stereocenters. The summed E-state index contributed by atoms with van der Waals surface area (Å²) in [7, 11) is 0. The number of aryl methyl sites for hydroxylation is 2. The molecule has 144 valence electrons. The zero-order valence-corrected chi connectivity index (χ0v) is 16.6. The van der Waals surface area contributed by atoms with Gasteiger partial charge < -0.3 is 15.4 Å². The van der Waals surface area contributed by atoms with Crippen molar-refractivity contribution < 1.29 is 9.13 Å². The van der Waals surface area contributed by atoms with Crippen LogP contribution < -0.4 is 10.6 Å². The maximum Gasteiger partial charge on any atom is 0.170 e. The van der Waals surface area contributed by atoms with Crippen LogP contribution in [0.1, 0.15) is 22.7 Å². The van der Waals surface area contributed by atoms with Gasteiger partial charge in [0.05, 0.1) is 19.3 Å². The Labute approximate surface area is 165 Å². The normalized spacial score (nSPS) is 16.0. The van der Waals surface area contributed by atoms with Crippen LogP contribution in [0.4, 0.5) is 10.1 Å². The van der Waals surface area contributed by atoms with Crippen LogP contribution >= 0.6 is 12.2 Å². The Kier molecular flexibility index (Phi) is 6.77. The lowest BCUT2D eigenvalue weighted by Crippen LogP contribution is -2.44. The van der Waals surface area contributed by atoms with Crippen molar-refractivity contribution in [3.8, 4) is 0 Å². The predicted octanol–water partition coefficient (Wildman–Crippen LogP) is 3.80. The van der Waals surface area contributed by atoms with Gasteiger partial charge in [-0.15, -0.1) is 0 Å². The lowest BCUT2D eigenvalue weighted by Gasteiger charge is -2.35. The van der Waals surface area contributed by atoms with Crippen LogP contribution in [0.2, 0.25) is 0 Å². The second-order valence-electron chi connectivity index (χ2n) is 6.93.